The Morgan fingerprint density at radius 2 is 1.50 bits per heavy atom. The van der Waals surface area contributed by atoms with Gasteiger partial charge in [-0.3, -0.25) is 4.79 Å². The molecule has 9 heteroatoms. The first-order chi connectivity index (χ1) is 12.4. The molecule has 0 radical (unpaired) electrons. The summed E-state index contributed by atoms with van der Waals surface area (Å²) >= 11 is 0. The van der Waals surface area contributed by atoms with Gasteiger partial charge >= 0.3 is 0 Å². The van der Waals surface area contributed by atoms with Crippen LogP contribution in [0.5, 0.6) is 11.5 Å². The van der Waals surface area contributed by atoms with Crippen molar-refractivity contribution in [2.45, 2.75) is 10.9 Å². The molecule has 26 heavy (non-hydrogen) atoms. The number of hydrogen-bond donors (Lipinski definition) is 3. The van der Waals surface area contributed by atoms with E-state index in [2.05, 4.69) is 10.0 Å². The van der Waals surface area contributed by atoms with Crippen molar-refractivity contribution in [3.63, 3.8) is 0 Å². The van der Waals surface area contributed by atoms with Gasteiger partial charge in [-0.15, -0.1) is 0 Å². The van der Waals surface area contributed by atoms with Crippen molar-refractivity contribution < 1.29 is 27.8 Å². The molecular weight excluding hydrogens is 360 g/mol. The molecule has 0 bridgehead atoms. The lowest BCUT2D eigenvalue weighted by atomic mass is 10.2. The predicted octanol–water partition coefficient (Wildman–Crippen LogP) is 0.982. The highest BCUT2D eigenvalue weighted by Gasteiger charge is 2.25. The van der Waals surface area contributed by atoms with Crippen molar-refractivity contribution in [3.8, 4) is 11.5 Å². The van der Waals surface area contributed by atoms with E-state index in [0.717, 1.165) is 0 Å². The average molecular weight is 380 g/mol. The Bertz CT molecular complexity index is 835. The summed E-state index contributed by atoms with van der Waals surface area (Å²) in [6.45, 7) is -0.697. The number of ether oxygens (including phenoxy) is 2. The summed E-state index contributed by atoms with van der Waals surface area (Å²) in [6.07, 6.45) is 0. The lowest BCUT2D eigenvalue weighted by Crippen LogP contribution is -2.46. The lowest BCUT2D eigenvalue weighted by Gasteiger charge is -2.16. The minimum absolute atomic E-state index is 0.0472. The number of aliphatic hydroxyl groups is 1. The van der Waals surface area contributed by atoms with Gasteiger partial charge in [0.15, 0.2) is 0 Å². The number of hydrogen-bond acceptors (Lipinski definition) is 6. The van der Waals surface area contributed by atoms with Gasteiger partial charge in [-0.1, -0.05) is 0 Å². The predicted molar refractivity (Wildman–Crippen MR) is 95.8 cm³/mol. The molecule has 0 aliphatic rings. The number of nitrogens with one attached hydrogen (secondary N) is 2. The molecule has 8 nitrogen and oxygen atoms in total. The molecule has 1 atom stereocenters. The van der Waals surface area contributed by atoms with E-state index in [1.54, 1.807) is 24.3 Å². The number of methoxy groups -OCH3 is 2. The lowest BCUT2D eigenvalue weighted by molar-refractivity contribution is -0.118. The molecule has 2 aromatic carbocycles. The van der Waals surface area contributed by atoms with Gasteiger partial charge < -0.3 is 19.9 Å². The summed E-state index contributed by atoms with van der Waals surface area (Å²) in [5, 5.41) is 12.0. The molecule has 3 N–H and O–H groups in total. The molecule has 1 amide bonds. The Morgan fingerprint density at radius 3 is 1.96 bits per heavy atom. The monoisotopic (exact) mass is 380 g/mol. The van der Waals surface area contributed by atoms with Crippen LogP contribution in [0.3, 0.4) is 0 Å². The van der Waals surface area contributed by atoms with Gasteiger partial charge in [0.05, 0.1) is 25.7 Å². The minimum Gasteiger partial charge on any atom is -0.497 e. The SMILES string of the molecule is COc1ccc(NC(=O)[C@H](CO)NS(=O)(=O)c2ccc(OC)cc2)cc1. The summed E-state index contributed by atoms with van der Waals surface area (Å²) < 4.78 is 36.9. The second kappa shape index (κ2) is 8.65. The zero-order valence-electron chi connectivity index (χ0n) is 14.3. The van der Waals surface area contributed by atoms with Crippen molar-refractivity contribution in [2.24, 2.45) is 0 Å². The number of rotatable bonds is 8. The van der Waals surface area contributed by atoms with Crippen LogP contribution in [-0.2, 0) is 14.8 Å². The number of carbonyl (C=O) groups is 1. The van der Waals surface area contributed by atoms with Crippen LogP contribution in [0.2, 0.25) is 0 Å². The van der Waals surface area contributed by atoms with Gasteiger partial charge in [-0.05, 0) is 48.5 Å². The largest absolute Gasteiger partial charge is 0.497 e. The molecule has 0 aliphatic carbocycles. The van der Waals surface area contributed by atoms with Crippen LogP contribution in [-0.4, -0.2) is 46.3 Å². The fourth-order valence-corrected chi connectivity index (χ4v) is 3.27. The summed E-state index contributed by atoms with van der Waals surface area (Å²) in [5.41, 5.74) is 0.442. The van der Waals surface area contributed by atoms with E-state index in [9.17, 15) is 18.3 Å². The zero-order valence-corrected chi connectivity index (χ0v) is 15.1. The van der Waals surface area contributed by atoms with Crippen LogP contribution in [0, 0.1) is 0 Å². The van der Waals surface area contributed by atoms with Gasteiger partial charge in [0, 0.05) is 5.69 Å². The van der Waals surface area contributed by atoms with Gasteiger partial charge in [0.1, 0.15) is 17.5 Å². The molecule has 0 spiro atoms. The van der Waals surface area contributed by atoms with Crippen molar-refractivity contribution in [1.29, 1.82) is 0 Å². The first kappa shape index (κ1) is 19.7. The highest BCUT2D eigenvalue weighted by Crippen LogP contribution is 2.17. The maximum absolute atomic E-state index is 12.4. The van der Waals surface area contributed by atoms with Gasteiger partial charge in [-0.25, -0.2) is 8.42 Å². The van der Waals surface area contributed by atoms with E-state index in [1.165, 1.54) is 38.5 Å². The number of amides is 1. The maximum Gasteiger partial charge on any atom is 0.244 e. The zero-order chi connectivity index (χ0) is 19.2. The third-order valence-corrected chi connectivity index (χ3v) is 5.01. The van der Waals surface area contributed by atoms with Crippen molar-refractivity contribution in [1.82, 2.24) is 4.72 Å². The Kier molecular flexibility index (Phi) is 6.56. The van der Waals surface area contributed by atoms with Gasteiger partial charge in [-0.2, -0.15) is 4.72 Å². The van der Waals surface area contributed by atoms with Crippen LogP contribution in [0.4, 0.5) is 5.69 Å². The van der Waals surface area contributed by atoms with Crippen LogP contribution < -0.4 is 19.5 Å². The summed E-state index contributed by atoms with van der Waals surface area (Å²) in [5.74, 6) is 0.427. The third-order valence-electron chi connectivity index (χ3n) is 3.52. The molecule has 2 rings (SSSR count). The van der Waals surface area contributed by atoms with E-state index in [0.29, 0.717) is 17.2 Å². The quantitative estimate of drug-likeness (QED) is 0.629. The first-order valence-electron chi connectivity index (χ1n) is 7.62. The number of aliphatic hydroxyl groups excluding tert-OH is 1. The Morgan fingerprint density at radius 1 is 1.00 bits per heavy atom. The second-order valence-corrected chi connectivity index (χ2v) is 6.96. The molecule has 0 saturated carbocycles. The highest BCUT2D eigenvalue weighted by molar-refractivity contribution is 7.89. The van der Waals surface area contributed by atoms with E-state index in [1.807, 2.05) is 0 Å². The standard InChI is InChI=1S/C17H20N2O6S/c1-24-13-5-3-12(4-6-13)18-17(21)16(11-20)19-26(22,23)15-9-7-14(25-2)8-10-15/h3-10,16,19-20H,11H2,1-2H3,(H,18,21)/t16-/m0/s1. The molecule has 0 unspecified atom stereocenters. The fourth-order valence-electron chi connectivity index (χ4n) is 2.09. The molecular formula is C17H20N2O6S. The summed E-state index contributed by atoms with van der Waals surface area (Å²) in [7, 11) is -1.01. The maximum atomic E-state index is 12.4. The average Bonchev–Trinajstić information content (AvgIpc) is 2.66. The fraction of sp³-hybridized carbons (Fsp3) is 0.235. The second-order valence-electron chi connectivity index (χ2n) is 5.25. The van der Waals surface area contributed by atoms with E-state index in [4.69, 9.17) is 9.47 Å². The Labute approximate surface area is 151 Å². The van der Waals surface area contributed by atoms with Gasteiger partial charge in [0.2, 0.25) is 15.9 Å². The number of sulfonamides is 1. The Hall–Kier alpha value is -2.62. The molecule has 0 saturated heterocycles. The molecule has 0 aliphatic heterocycles. The molecule has 0 fully saturated rings. The van der Waals surface area contributed by atoms with Crippen molar-refractivity contribution in [2.75, 3.05) is 26.1 Å². The first-order valence-corrected chi connectivity index (χ1v) is 9.10. The van der Waals surface area contributed by atoms with Crippen molar-refractivity contribution in [3.05, 3.63) is 48.5 Å². The smallest absolute Gasteiger partial charge is 0.244 e. The summed E-state index contributed by atoms with van der Waals surface area (Å²) in [4.78, 5) is 12.2. The summed E-state index contributed by atoms with van der Waals surface area (Å²) in [6, 6.07) is 10.8. The Balaban J connectivity index is 2.09. The molecule has 0 aromatic heterocycles. The normalized spacial score (nSPS) is 12.3. The van der Waals surface area contributed by atoms with Crippen LogP contribution in [0.15, 0.2) is 53.4 Å². The van der Waals surface area contributed by atoms with E-state index < -0.39 is 28.6 Å². The highest BCUT2D eigenvalue weighted by atomic mass is 32.2. The molecule has 140 valence electrons. The minimum atomic E-state index is -3.99. The van der Waals surface area contributed by atoms with Crippen LogP contribution in [0.1, 0.15) is 0 Å². The third kappa shape index (κ3) is 4.94. The molecule has 0 heterocycles. The van der Waals surface area contributed by atoms with E-state index >= 15 is 0 Å². The number of benzene rings is 2. The van der Waals surface area contributed by atoms with E-state index in [-0.39, 0.29) is 4.90 Å². The van der Waals surface area contributed by atoms with Crippen LogP contribution in [0.25, 0.3) is 0 Å². The molecule has 2 aromatic rings. The number of anilines is 1. The van der Waals surface area contributed by atoms with Crippen molar-refractivity contribution >= 4 is 21.6 Å². The topological polar surface area (TPSA) is 114 Å². The number of carbonyl (C=O) groups excluding carboxylic acids is 1. The van der Waals surface area contributed by atoms with Crippen LogP contribution >= 0.6 is 0 Å². The van der Waals surface area contributed by atoms with Gasteiger partial charge in [0.25, 0.3) is 0 Å².